The summed E-state index contributed by atoms with van der Waals surface area (Å²) < 4.78 is 17.1. The number of pyridine rings is 1. The molecule has 0 aliphatic heterocycles. The van der Waals surface area contributed by atoms with Gasteiger partial charge in [0.2, 0.25) is 0 Å². The van der Waals surface area contributed by atoms with Crippen LogP contribution in [0.15, 0.2) is 53.5 Å². The lowest BCUT2D eigenvalue weighted by atomic mass is 10.2. The van der Waals surface area contributed by atoms with Crippen LogP contribution in [-0.4, -0.2) is 29.1 Å². The van der Waals surface area contributed by atoms with Gasteiger partial charge in [-0.25, -0.2) is 9.78 Å². The van der Waals surface area contributed by atoms with Gasteiger partial charge in [0.05, 0.1) is 12.8 Å². The number of aryl methyl sites for hydroxylation is 1. The first-order valence-corrected chi connectivity index (χ1v) is 9.02. The van der Waals surface area contributed by atoms with Crippen LogP contribution in [0.3, 0.4) is 0 Å². The lowest BCUT2D eigenvalue weighted by molar-refractivity contribution is -0.139. The van der Waals surface area contributed by atoms with Gasteiger partial charge >= 0.3 is 5.97 Å². The molecule has 0 amide bonds. The summed E-state index contributed by atoms with van der Waals surface area (Å²) in [6.45, 7) is 1.64. The molecule has 8 nitrogen and oxygen atoms in total. The molecule has 8 heteroatoms. The van der Waals surface area contributed by atoms with E-state index in [1.807, 2.05) is 19.1 Å². The molecule has 30 heavy (non-hydrogen) atoms. The smallest absolute Gasteiger partial charge is 0.331 e. The van der Waals surface area contributed by atoms with Crippen molar-refractivity contribution in [3.63, 3.8) is 0 Å². The zero-order valence-corrected chi connectivity index (χ0v) is 16.5. The third-order valence-electron chi connectivity index (χ3n) is 4.19. The van der Waals surface area contributed by atoms with Crippen LogP contribution in [0.2, 0.25) is 0 Å². The zero-order valence-electron chi connectivity index (χ0n) is 16.5. The number of ether oxygens (including phenoxy) is 3. The number of esters is 1. The summed E-state index contributed by atoms with van der Waals surface area (Å²) in [5.74, 6) is 0.297. The average molecular weight is 405 g/mol. The largest absolute Gasteiger partial charge is 0.493 e. The fourth-order valence-electron chi connectivity index (χ4n) is 2.76. The van der Waals surface area contributed by atoms with E-state index in [4.69, 9.17) is 19.5 Å². The van der Waals surface area contributed by atoms with Crippen molar-refractivity contribution < 1.29 is 19.0 Å². The topological polar surface area (TPSA) is 103 Å². The highest BCUT2D eigenvalue weighted by Crippen LogP contribution is 2.28. The van der Waals surface area contributed by atoms with Crippen LogP contribution in [0.25, 0.3) is 11.7 Å². The molecule has 0 N–H and O–H groups in total. The van der Waals surface area contributed by atoms with E-state index in [0.29, 0.717) is 28.4 Å². The molecule has 0 fully saturated rings. The number of methoxy groups -OCH3 is 1. The van der Waals surface area contributed by atoms with Gasteiger partial charge in [-0.2, -0.15) is 5.26 Å². The van der Waals surface area contributed by atoms with Gasteiger partial charge in [0, 0.05) is 18.3 Å². The van der Waals surface area contributed by atoms with E-state index < -0.39 is 5.97 Å². The third kappa shape index (κ3) is 4.83. The zero-order chi connectivity index (χ0) is 21.5. The normalized spacial score (nSPS) is 10.7. The summed E-state index contributed by atoms with van der Waals surface area (Å²) in [7, 11) is 1.48. The van der Waals surface area contributed by atoms with Crippen LogP contribution >= 0.6 is 0 Å². The second-order valence-electron chi connectivity index (χ2n) is 6.27. The molecule has 0 saturated carbocycles. The van der Waals surface area contributed by atoms with Gasteiger partial charge in [0.1, 0.15) is 18.3 Å². The first-order chi connectivity index (χ1) is 14.5. The second kappa shape index (κ2) is 9.39. The highest BCUT2D eigenvalue weighted by molar-refractivity contribution is 5.87. The third-order valence-corrected chi connectivity index (χ3v) is 4.19. The molecule has 0 spiro atoms. The van der Waals surface area contributed by atoms with Crippen molar-refractivity contribution in [2.24, 2.45) is 0 Å². The Morgan fingerprint density at radius 1 is 1.27 bits per heavy atom. The number of benzene rings is 1. The van der Waals surface area contributed by atoms with E-state index in [2.05, 4.69) is 4.98 Å². The van der Waals surface area contributed by atoms with Crippen molar-refractivity contribution in [2.75, 3.05) is 13.7 Å². The van der Waals surface area contributed by atoms with Crippen molar-refractivity contribution in [2.45, 2.75) is 13.5 Å². The van der Waals surface area contributed by atoms with Crippen LogP contribution < -0.4 is 15.0 Å². The van der Waals surface area contributed by atoms with Crippen LogP contribution in [0.1, 0.15) is 16.8 Å². The van der Waals surface area contributed by atoms with Crippen molar-refractivity contribution in [1.82, 2.24) is 9.38 Å². The molecule has 0 unspecified atom stereocenters. The summed E-state index contributed by atoms with van der Waals surface area (Å²) in [6.07, 6.45) is 4.47. The Balaban J connectivity index is 1.67. The molecule has 3 rings (SSSR count). The quantitative estimate of drug-likeness (QED) is 0.440. The number of aromatic nitrogens is 2. The standard InChI is InChI=1S/C22H19N3O5/c1-15-4-3-10-25-20(26)13-17(24-22(15)25)14-30-21(27)8-6-16-5-7-18(29-11-9-23)19(12-16)28-2/h3-8,10,12-13H,11,14H2,1-2H3/b8-6+. The molecule has 2 heterocycles. The number of nitrogens with zero attached hydrogens (tertiary/aromatic N) is 3. The predicted octanol–water partition coefficient (Wildman–Crippen LogP) is 2.67. The van der Waals surface area contributed by atoms with E-state index in [0.717, 1.165) is 5.56 Å². The van der Waals surface area contributed by atoms with E-state index >= 15 is 0 Å². The van der Waals surface area contributed by atoms with Gasteiger partial charge < -0.3 is 14.2 Å². The Bertz CT molecular complexity index is 1210. The molecule has 3 aromatic rings. The Hall–Kier alpha value is -4.12. The number of rotatable bonds is 7. The van der Waals surface area contributed by atoms with E-state index in [-0.39, 0.29) is 18.8 Å². The number of hydrogen-bond acceptors (Lipinski definition) is 7. The monoisotopic (exact) mass is 405 g/mol. The van der Waals surface area contributed by atoms with Gasteiger partial charge in [0.25, 0.3) is 5.56 Å². The van der Waals surface area contributed by atoms with Crippen LogP contribution in [0, 0.1) is 18.3 Å². The van der Waals surface area contributed by atoms with E-state index in [1.54, 1.807) is 36.5 Å². The van der Waals surface area contributed by atoms with Gasteiger partial charge in [-0.05, 0) is 42.3 Å². The Morgan fingerprint density at radius 3 is 2.87 bits per heavy atom. The van der Waals surface area contributed by atoms with Crippen LogP contribution in [0.5, 0.6) is 11.5 Å². The fraction of sp³-hybridized carbons (Fsp3) is 0.182. The van der Waals surface area contributed by atoms with Crippen molar-refractivity contribution >= 4 is 17.7 Å². The maximum Gasteiger partial charge on any atom is 0.331 e. The van der Waals surface area contributed by atoms with Crippen LogP contribution in [-0.2, 0) is 16.1 Å². The van der Waals surface area contributed by atoms with Gasteiger partial charge in [-0.1, -0.05) is 12.1 Å². The molecule has 0 atom stereocenters. The highest BCUT2D eigenvalue weighted by atomic mass is 16.5. The number of carbonyl (C=O) groups excluding carboxylic acids is 1. The Morgan fingerprint density at radius 2 is 2.10 bits per heavy atom. The molecule has 1 aromatic carbocycles. The Kier molecular flexibility index (Phi) is 6.45. The maximum atomic E-state index is 12.2. The minimum Gasteiger partial charge on any atom is -0.493 e. The summed E-state index contributed by atoms with van der Waals surface area (Å²) >= 11 is 0. The molecule has 152 valence electrons. The van der Waals surface area contributed by atoms with Crippen molar-refractivity contribution in [1.29, 1.82) is 5.26 Å². The Labute approximate surface area is 172 Å². The molecule has 0 radical (unpaired) electrons. The fourth-order valence-corrected chi connectivity index (χ4v) is 2.76. The van der Waals surface area contributed by atoms with Gasteiger partial charge in [0.15, 0.2) is 18.1 Å². The molecular weight excluding hydrogens is 386 g/mol. The van der Waals surface area contributed by atoms with Crippen molar-refractivity contribution in [3.05, 3.63) is 75.8 Å². The van der Waals surface area contributed by atoms with Gasteiger partial charge in [-0.15, -0.1) is 0 Å². The maximum absolute atomic E-state index is 12.2. The molecular formula is C22H19N3O5. The molecule has 0 bridgehead atoms. The number of fused-ring (bicyclic) bond motifs is 1. The second-order valence-corrected chi connectivity index (χ2v) is 6.27. The van der Waals surface area contributed by atoms with Crippen molar-refractivity contribution in [3.8, 4) is 17.6 Å². The lowest BCUT2D eigenvalue weighted by Crippen LogP contribution is -2.17. The summed E-state index contributed by atoms with van der Waals surface area (Å²) in [5, 5.41) is 8.60. The molecule has 0 aliphatic rings. The summed E-state index contributed by atoms with van der Waals surface area (Å²) in [5.41, 5.74) is 2.19. The van der Waals surface area contributed by atoms with Gasteiger partial charge in [-0.3, -0.25) is 9.20 Å². The number of nitriles is 1. The lowest BCUT2D eigenvalue weighted by Gasteiger charge is -2.08. The predicted molar refractivity (Wildman–Crippen MR) is 109 cm³/mol. The highest BCUT2D eigenvalue weighted by Gasteiger charge is 2.07. The number of hydrogen-bond donors (Lipinski definition) is 0. The van der Waals surface area contributed by atoms with E-state index in [1.165, 1.54) is 23.7 Å². The molecule has 2 aromatic heterocycles. The molecule has 0 saturated heterocycles. The first kappa shape index (κ1) is 20.6. The summed E-state index contributed by atoms with van der Waals surface area (Å²) in [6, 6.07) is 11.9. The average Bonchev–Trinajstić information content (AvgIpc) is 2.75. The minimum atomic E-state index is -0.578. The first-order valence-electron chi connectivity index (χ1n) is 9.02. The summed E-state index contributed by atoms with van der Waals surface area (Å²) in [4.78, 5) is 28.6. The SMILES string of the molecule is COc1cc(/C=C/C(=O)OCc2cc(=O)n3cccc(C)c3n2)ccc1OCC#N. The molecule has 0 aliphatic carbocycles. The van der Waals surface area contributed by atoms with Crippen LogP contribution in [0.4, 0.5) is 0 Å². The minimum absolute atomic E-state index is 0.0935. The number of carbonyl (C=O) groups is 1. The van der Waals surface area contributed by atoms with E-state index in [9.17, 15) is 9.59 Å².